The predicted octanol–water partition coefficient (Wildman–Crippen LogP) is 2.11. The van der Waals surface area contributed by atoms with E-state index >= 15 is 0 Å². The number of pyridine rings is 1. The fourth-order valence-electron chi connectivity index (χ4n) is 2.64. The van der Waals surface area contributed by atoms with Crippen LogP contribution in [-0.2, 0) is 4.79 Å². The maximum Gasteiger partial charge on any atom is 0.225 e. The summed E-state index contributed by atoms with van der Waals surface area (Å²) < 4.78 is 5.77. The van der Waals surface area contributed by atoms with Crippen molar-refractivity contribution >= 4 is 5.91 Å². The largest absolute Gasteiger partial charge is 0.493 e. The van der Waals surface area contributed by atoms with Gasteiger partial charge in [0, 0.05) is 37.3 Å². The molecule has 4 heteroatoms. The summed E-state index contributed by atoms with van der Waals surface area (Å²) in [6.07, 6.45) is 7.90. The Bertz CT molecular complexity index is 431. The first-order valence-electron chi connectivity index (χ1n) is 7.14. The molecule has 1 unspecified atom stereocenters. The highest BCUT2D eigenvalue weighted by atomic mass is 16.5. The molecular weight excluding hydrogens is 240 g/mol. The SMILES string of the molecule is O=C(C1CC1)N1CCCC(COc2ccncc2)C1. The third-order valence-electron chi connectivity index (χ3n) is 3.89. The molecule has 0 aromatic carbocycles. The van der Waals surface area contributed by atoms with Gasteiger partial charge in [-0.2, -0.15) is 0 Å². The van der Waals surface area contributed by atoms with E-state index in [1.165, 1.54) is 0 Å². The van der Waals surface area contributed by atoms with E-state index < -0.39 is 0 Å². The predicted molar refractivity (Wildman–Crippen MR) is 71.8 cm³/mol. The molecular formula is C15H20N2O2. The van der Waals surface area contributed by atoms with Gasteiger partial charge in [-0.3, -0.25) is 9.78 Å². The van der Waals surface area contributed by atoms with Gasteiger partial charge in [0.05, 0.1) is 6.61 Å². The van der Waals surface area contributed by atoms with Crippen molar-refractivity contribution in [3.8, 4) is 5.75 Å². The highest BCUT2D eigenvalue weighted by Gasteiger charge is 2.35. The number of carbonyl (C=O) groups excluding carboxylic acids is 1. The lowest BCUT2D eigenvalue weighted by Gasteiger charge is -2.32. The topological polar surface area (TPSA) is 42.4 Å². The molecule has 4 nitrogen and oxygen atoms in total. The molecule has 1 aromatic rings. The van der Waals surface area contributed by atoms with Crippen LogP contribution in [0.1, 0.15) is 25.7 Å². The Morgan fingerprint density at radius 2 is 2.11 bits per heavy atom. The molecule has 1 saturated carbocycles. The second kappa shape index (κ2) is 5.59. The Morgan fingerprint density at radius 3 is 2.84 bits per heavy atom. The average molecular weight is 260 g/mol. The summed E-state index contributed by atoms with van der Waals surface area (Å²) in [5.74, 6) is 2.03. The van der Waals surface area contributed by atoms with Crippen LogP contribution in [-0.4, -0.2) is 35.5 Å². The number of hydrogen-bond donors (Lipinski definition) is 0. The molecule has 102 valence electrons. The van der Waals surface area contributed by atoms with Gasteiger partial charge in [0.2, 0.25) is 5.91 Å². The standard InChI is InChI=1S/C15H20N2O2/c18-15(13-3-4-13)17-9-1-2-12(10-17)11-19-14-5-7-16-8-6-14/h5-8,12-13H,1-4,9-11H2. The zero-order valence-corrected chi connectivity index (χ0v) is 11.1. The van der Waals surface area contributed by atoms with Crippen molar-refractivity contribution in [2.45, 2.75) is 25.7 Å². The van der Waals surface area contributed by atoms with Crippen molar-refractivity contribution < 1.29 is 9.53 Å². The minimum Gasteiger partial charge on any atom is -0.493 e. The molecule has 19 heavy (non-hydrogen) atoms. The monoisotopic (exact) mass is 260 g/mol. The maximum absolute atomic E-state index is 12.1. The van der Waals surface area contributed by atoms with E-state index in [4.69, 9.17) is 4.74 Å². The number of amides is 1. The summed E-state index contributed by atoms with van der Waals surface area (Å²) in [5.41, 5.74) is 0. The smallest absolute Gasteiger partial charge is 0.225 e. The first kappa shape index (κ1) is 12.5. The summed E-state index contributed by atoms with van der Waals surface area (Å²) in [7, 11) is 0. The number of likely N-dealkylation sites (tertiary alicyclic amines) is 1. The second-order valence-corrected chi connectivity index (χ2v) is 5.56. The van der Waals surface area contributed by atoms with Gasteiger partial charge in [0.15, 0.2) is 0 Å². The van der Waals surface area contributed by atoms with Crippen LogP contribution in [0.2, 0.25) is 0 Å². The van der Waals surface area contributed by atoms with Crippen molar-refractivity contribution in [3.63, 3.8) is 0 Å². The van der Waals surface area contributed by atoms with Crippen LogP contribution in [0.5, 0.6) is 5.75 Å². The van der Waals surface area contributed by atoms with Crippen LogP contribution in [0.25, 0.3) is 0 Å². The van der Waals surface area contributed by atoms with E-state index in [9.17, 15) is 4.79 Å². The van der Waals surface area contributed by atoms with Crippen LogP contribution in [0.3, 0.4) is 0 Å². The van der Waals surface area contributed by atoms with Crippen LogP contribution < -0.4 is 4.74 Å². The fraction of sp³-hybridized carbons (Fsp3) is 0.600. The fourth-order valence-corrected chi connectivity index (χ4v) is 2.64. The summed E-state index contributed by atoms with van der Waals surface area (Å²) in [5, 5.41) is 0. The van der Waals surface area contributed by atoms with Gasteiger partial charge in [-0.05, 0) is 37.8 Å². The lowest BCUT2D eigenvalue weighted by Crippen LogP contribution is -2.42. The summed E-state index contributed by atoms with van der Waals surface area (Å²) in [6.45, 7) is 2.49. The number of hydrogen-bond acceptors (Lipinski definition) is 3. The number of nitrogens with zero attached hydrogens (tertiary/aromatic N) is 2. The van der Waals surface area contributed by atoms with E-state index in [1.807, 2.05) is 17.0 Å². The minimum atomic E-state index is 0.333. The van der Waals surface area contributed by atoms with Crippen molar-refractivity contribution in [3.05, 3.63) is 24.5 Å². The normalized spacial score (nSPS) is 23.2. The molecule has 2 heterocycles. The Kier molecular flexibility index (Phi) is 3.67. The van der Waals surface area contributed by atoms with Gasteiger partial charge in [0.25, 0.3) is 0 Å². The second-order valence-electron chi connectivity index (χ2n) is 5.56. The third-order valence-corrected chi connectivity index (χ3v) is 3.89. The highest BCUT2D eigenvalue weighted by Crippen LogP contribution is 2.32. The molecule has 0 radical (unpaired) electrons. The van der Waals surface area contributed by atoms with E-state index in [-0.39, 0.29) is 0 Å². The van der Waals surface area contributed by atoms with Crippen molar-refractivity contribution in [1.29, 1.82) is 0 Å². The number of ether oxygens (including phenoxy) is 1. The Labute approximate surface area is 113 Å². The van der Waals surface area contributed by atoms with E-state index in [2.05, 4.69) is 4.98 Å². The maximum atomic E-state index is 12.1. The zero-order chi connectivity index (χ0) is 13.1. The van der Waals surface area contributed by atoms with Gasteiger partial charge in [0.1, 0.15) is 5.75 Å². The van der Waals surface area contributed by atoms with E-state index in [0.717, 1.165) is 44.5 Å². The van der Waals surface area contributed by atoms with Crippen LogP contribution >= 0.6 is 0 Å². The number of rotatable bonds is 4. The molecule has 1 aromatic heterocycles. The molecule has 1 aliphatic heterocycles. The van der Waals surface area contributed by atoms with Crippen LogP contribution in [0.4, 0.5) is 0 Å². The third kappa shape index (κ3) is 3.25. The minimum absolute atomic E-state index is 0.333. The molecule has 0 spiro atoms. The van der Waals surface area contributed by atoms with Gasteiger partial charge in [-0.15, -0.1) is 0 Å². The first-order valence-corrected chi connectivity index (χ1v) is 7.14. The molecule has 1 atom stereocenters. The zero-order valence-electron chi connectivity index (χ0n) is 11.1. The van der Waals surface area contributed by atoms with Crippen molar-refractivity contribution in [1.82, 2.24) is 9.88 Å². The molecule has 1 saturated heterocycles. The highest BCUT2D eigenvalue weighted by molar-refractivity contribution is 5.81. The van der Waals surface area contributed by atoms with Crippen molar-refractivity contribution in [2.24, 2.45) is 11.8 Å². The quantitative estimate of drug-likeness (QED) is 0.832. The summed E-state index contributed by atoms with van der Waals surface area (Å²) in [6, 6.07) is 3.74. The van der Waals surface area contributed by atoms with Crippen LogP contribution in [0, 0.1) is 11.8 Å². The van der Waals surface area contributed by atoms with Gasteiger partial charge >= 0.3 is 0 Å². The lowest BCUT2D eigenvalue weighted by atomic mass is 9.98. The first-order chi connectivity index (χ1) is 9.33. The average Bonchev–Trinajstić information content (AvgIpc) is 3.30. The van der Waals surface area contributed by atoms with Crippen LogP contribution in [0.15, 0.2) is 24.5 Å². The van der Waals surface area contributed by atoms with Gasteiger partial charge in [-0.25, -0.2) is 0 Å². The summed E-state index contributed by atoms with van der Waals surface area (Å²) in [4.78, 5) is 18.1. The number of carbonyl (C=O) groups is 1. The Hall–Kier alpha value is -1.58. The van der Waals surface area contributed by atoms with E-state index in [0.29, 0.717) is 24.3 Å². The molecule has 2 fully saturated rings. The number of piperidine rings is 1. The molecule has 2 aliphatic rings. The lowest BCUT2D eigenvalue weighted by molar-refractivity contribution is -0.134. The van der Waals surface area contributed by atoms with Gasteiger partial charge in [-0.1, -0.05) is 0 Å². The molecule has 3 rings (SSSR count). The summed E-state index contributed by atoms with van der Waals surface area (Å²) >= 11 is 0. The molecule has 1 amide bonds. The molecule has 0 bridgehead atoms. The Balaban J connectivity index is 1.49. The number of aromatic nitrogens is 1. The molecule has 0 N–H and O–H groups in total. The van der Waals surface area contributed by atoms with Gasteiger partial charge < -0.3 is 9.64 Å². The molecule has 1 aliphatic carbocycles. The van der Waals surface area contributed by atoms with E-state index in [1.54, 1.807) is 12.4 Å². The van der Waals surface area contributed by atoms with Crippen molar-refractivity contribution in [2.75, 3.05) is 19.7 Å². The Morgan fingerprint density at radius 1 is 1.32 bits per heavy atom.